The summed E-state index contributed by atoms with van der Waals surface area (Å²) in [6.45, 7) is 4.73. The summed E-state index contributed by atoms with van der Waals surface area (Å²) >= 11 is 0. The van der Waals surface area contributed by atoms with Crippen molar-refractivity contribution in [3.05, 3.63) is 80.5 Å². The Hall–Kier alpha value is -4.38. The van der Waals surface area contributed by atoms with Gasteiger partial charge in [-0.1, -0.05) is 26.0 Å². The van der Waals surface area contributed by atoms with Crippen LogP contribution in [0.2, 0.25) is 0 Å². The third kappa shape index (κ3) is 6.30. The van der Waals surface area contributed by atoms with Crippen LogP contribution in [-0.4, -0.2) is 49.7 Å². The second kappa shape index (κ2) is 12.2. The lowest BCUT2D eigenvalue weighted by atomic mass is 10.2. The first-order chi connectivity index (χ1) is 18.4. The van der Waals surface area contributed by atoms with Gasteiger partial charge in [0.05, 0.1) is 19.4 Å². The number of nitrogens with one attached hydrogen (secondary N) is 2. The molecule has 0 spiro atoms. The second-order valence-electron chi connectivity index (χ2n) is 8.79. The van der Waals surface area contributed by atoms with Crippen molar-refractivity contribution < 1.29 is 14.6 Å². The quantitative estimate of drug-likeness (QED) is 0.193. The van der Waals surface area contributed by atoms with Crippen molar-refractivity contribution in [3.8, 4) is 11.5 Å². The lowest BCUT2D eigenvalue weighted by molar-refractivity contribution is 0.0938. The van der Waals surface area contributed by atoms with E-state index in [4.69, 9.17) is 9.47 Å². The molecular weight excluding hydrogens is 488 g/mol. The lowest BCUT2D eigenvalue weighted by Crippen LogP contribution is -2.30. The van der Waals surface area contributed by atoms with Crippen LogP contribution in [0.5, 0.6) is 11.5 Å². The van der Waals surface area contributed by atoms with Crippen molar-refractivity contribution >= 4 is 23.3 Å². The van der Waals surface area contributed by atoms with Crippen LogP contribution >= 0.6 is 0 Å². The van der Waals surface area contributed by atoms with E-state index in [9.17, 15) is 14.7 Å². The number of hydrazone groups is 1. The van der Waals surface area contributed by atoms with Crippen LogP contribution < -0.4 is 26.1 Å². The Kier molecular flexibility index (Phi) is 8.59. The van der Waals surface area contributed by atoms with E-state index < -0.39 is 17.4 Å². The third-order valence-corrected chi connectivity index (χ3v) is 5.91. The number of imidazole rings is 1. The number of benzene rings is 2. The SMILES string of the molecule is CCCOc1ccc(C=NNc2nc3c(c(=O)[nH]c(=O)n3C)n2C[C@H](O)COc2ccc(CC)cc2)cc1. The topological polar surface area (TPSA) is 136 Å². The van der Waals surface area contributed by atoms with Gasteiger partial charge in [0, 0.05) is 7.05 Å². The molecule has 38 heavy (non-hydrogen) atoms. The summed E-state index contributed by atoms with van der Waals surface area (Å²) < 4.78 is 14.0. The van der Waals surface area contributed by atoms with Crippen LogP contribution in [0.25, 0.3) is 11.2 Å². The molecule has 3 N–H and O–H groups in total. The van der Waals surface area contributed by atoms with Gasteiger partial charge >= 0.3 is 5.69 Å². The molecule has 200 valence electrons. The molecule has 0 fully saturated rings. The van der Waals surface area contributed by atoms with E-state index in [-0.39, 0.29) is 30.3 Å². The van der Waals surface area contributed by atoms with Crippen LogP contribution in [0.15, 0.2) is 63.2 Å². The average molecular weight is 521 g/mol. The summed E-state index contributed by atoms with van der Waals surface area (Å²) in [5.74, 6) is 1.60. The molecule has 0 saturated heterocycles. The van der Waals surface area contributed by atoms with Gasteiger partial charge in [-0.25, -0.2) is 10.2 Å². The van der Waals surface area contributed by atoms with Crippen LogP contribution in [0, 0.1) is 0 Å². The van der Waals surface area contributed by atoms with Gasteiger partial charge in [0.25, 0.3) is 5.56 Å². The summed E-state index contributed by atoms with van der Waals surface area (Å²) in [6, 6.07) is 15.1. The molecule has 11 heteroatoms. The Balaban J connectivity index is 1.54. The normalized spacial score (nSPS) is 12.2. The monoisotopic (exact) mass is 520 g/mol. The number of hydrogen-bond acceptors (Lipinski definition) is 8. The minimum Gasteiger partial charge on any atom is -0.494 e. The molecule has 2 aromatic heterocycles. The molecule has 0 aliphatic rings. The first-order valence-corrected chi connectivity index (χ1v) is 12.5. The number of aromatic nitrogens is 4. The van der Waals surface area contributed by atoms with Gasteiger partial charge in [-0.2, -0.15) is 10.1 Å². The fourth-order valence-electron chi connectivity index (χ4n) is 3.81. The highest BCUT2D eigenvalue weighted by atomic mass is 16.5. The fourth-order valence-corrected chi connectivity index (χ4v) is 3.81. The number of rotatable bonds is 12. The molecule has 4 rings (SSSR count). The first kappa shape index (κ1) is 26.7. The number of ether oxygens (including phenoxy) is 2. The minimum absolute atomic E-state index is 0.00995. The number of H-pyrrole nitrogens is 1. The highest BCUT2D eigenvalue weighted by Gasteiger charge is 2.20. The molecule has 0 unspecified atom stereocenters. The zero-order valence-corrected chi connectivity index (χ0v) is 21.7. The summed E-state index contributed by atoms with van der Waals surface area (Å²) in [6.07, 6.45) is 2.46. The highest BCUT2D eigenvalue weighted by molar-refractivity contribution is 5.80. The maximum Gasteiger partial charge on any atom is 0.329 e. The minimum atomic E-state index is -0.977. The number of fused-ring (bicyclic) bond motifs is 1. The molecule has 2 heterocycles. The average Bonchev–Trinajstić information content (AvgIpc) is 3.29. The fraction of sp³-hybridized carbons (Fsp3) is 0.333. The molecule has 0 bridgehead atoms. The molecular formula is C27H32N6O5. The molecule has 11 nitrogen and oxygen atoms in total. The van der Waals surface area contributed by atoms with Crippen molar-refractivity contribution in [3.63, 3.8) is 0 Å². The van der Waals surface area contributed by atoms with E-state index in [2.05, 4.69) is 27.4 Å². The van der Waals surface area contributed by atoms with Crippen LogP contribution in [-0.2, 0) is 20.0 Å². The number of aliphatic hydroxyl groups is 1. The molecule has 0 aliphatic heterocycles. The van der Waals surface area contributed by atoms with E-state index >= 15 is 0 Å². The Morgan fingerprint density at radius 2 is 1.76 bits per heavy atom. The largest absolute Gasteiger partial charge is 0.494 e. The maximum absolute atomic E-state index is 12.7. The van der Waals surface area contributed by atoms with Gasteiger partial charge in [0.1, 0.15) is 24.2 Å². The highest BCUT2D eigenvalue weighted by Crippen LogP contribution is 2.18. The van der Waals surface area contributed by atoms with Crippen molar-refractivity contribution in [2.24, 2.45) is 12.1 Å². The summed E-state index contributed by atoms with van der Waals surface area (Å²) in [4.78, 5) is 31.5. The van der Waals surface area contributed by atoms with Crippen molar-refractivity contribution in [1.29, 1.82) is 0 Å². The molecule has 4 aromatic rings. The number of aliphatic hydroxyl groups excluding tert-OH is 1. The molecule has 0 radical (unpaired) electrons. The summed E-state index contributed by atoms with van der Waals surface area (Å²) in [7, 11) is 1.51. The van der Waals surface area contributed by atoms with Crippen LogP contribution in [0.3, 0.4) is 0 Å². The zero-order valence-electron chi connectivity index (χ0n) is 21.7. The van der Waals surface area contributed by atoms with Gasteiger partial charge in [0.15, 0.2) is 11.2 Å². The maximum atomic E-state index is 12.7. The number of nitrogens with zero attached hydrogens (tertiary/aromatic N) is 4. The summed E-state index contributed by atoms with van der Waals surface area (Å²) in [5.41, 5.74) is 3.93. The summed E-state index contributed by atoms with van der Waals surface area (Å²) in [5, 5.41) is 15.0. The molecule has 0 saturated carbocycles. The predicted octanol–water partition coefficient (Wildman–Crippen LogP) is 2.66. The third-order valence-electron chi connectivity index (χ3n) is 5.91. The zero-order chi connectivity index (χ0) is 27.1. The van der Waals surface area contributed by atoms with Crippen LogP contribution in [0.4, 0.5) is 5.95 Å². The van der Waals surface area contributed by atoms with E-state index in [1.165, 1.54) is 21.7 Å². The van der Waals surface area contributed by atoms with E-state index in [1.807, 2.05) is 55.5 Å². The number of hydrogen-bond donors (Lipinski definition) is 3. The standard InChI is InChI=1S/C27H32N6O5/c1-4-14-37-21-12-8-19(9-13-21)15-28-31-26-29-24-23(25(35)30-27(36)32(24)3)33(26)16-20(34)17-38-22-10-6-18(5-2)7-11-22/h6-13,15,20,34H,4-5,14,16-17H2,1-3H3,(H,29,31)(H,30,35,36)/t20-/m0/s1. The Morgan fingerprint density at radius 3 is 2.45 bits per heavy atom. The van der Waals surface area contributed by atoms with Gasteiger partial charge in [-0.3, -0.25) is 14.3 Å². The Morgan fingerprint density at radius 1 is 1.08 bits per heavy atom. The van der Waals surface area contributed by atoms with E-state index in [1.54, 1.807) is 6.21 Å². The number of anilines is 1. The van der Waals surface area contributed by atoms with Gasteiger partial charge in [0.2, 0.25) is 5.95 Å². The van der Waals surface area contributed by atoms with Gasteiger partial charge in [-0.15, -0.1) is 0 Å². The number of aryl methyl sites for hydroxylation is 2. The van der Waals surface area contributed by atoms with E-state index in [0.717, 1.165) is 24.2 Å². The number of aromatic amines is 1. The van der Waals surface area contributed by atoms with E-state index in [0.29, 0.717) is 12.4 Å². The van der Waals surface area contributed by atoms with Crippen molar-refractivity contribution in [2.45, 2.75) is 39.3 Å². The Labute approximate surface area is 219 Å². The van der Waals surface area contributed by atoms with Gasteiger partial charge < -0.3 is 19.1 Å². The first-order valence-electron chi connectivity index (χ1n) is 12.5. The predicted molar refractivity (Wildman–Crippen MR) is 146 cm³/mol. The molecule has 0 aliphatic carbocycles. The lowest BCUT2D eigenvalue weighted by Gasteiger charge is -2.15. The molecule has 0 amide bonds. The molecule has 1 atom stereocenters. The Bertz CT molecular complexity index is 1500. The van der Waals surface area contributed by atoms with Crippen LogP contribution in [0.1, 0.15) is 31.4 Å². The van der Waals surface area contributed by atoms with Crippen molar-refractivity contribution in [2.75, 3.05) is 18.6 Å². The second-order valence-corrected chi connectivity index (χ2v) is 8.79. The smallest absolute Gasteiger partial charge is 0.329 e. The van der Waals surface area contributed by atoms with Gasteiger partial charge in [-0.05, 0) is 60.4 Å². The molecule has 2 aromatic carbocycles. The van der Waals surface area contributed by atoms with Crippen molar-refractivity contribution in [1.82, 2.24) is 19.1 Å².